The third-order valence-electron chi connectivity index (χ3n) is 3.39. The standard InChI is InChI=1S/C14H17BrFNO/c1-10-3-2-6-17(9-10)13-5-4-11(7-12(13)16)14(18)8-15/h4-5,7,10H,2-3,6,8-9H2,1H3/t10-/m1/s1. The Balaban J connectivity index is 2.21. The largest absolute Gasteiger partial charge is 0.369 e. The van der Waals surface area contributed by atoms with E-state index in [0.29, 0.717) is 17.2 Å². The lowest BCUT2D eigenvalue weighted by Gasteiger charge is -2.33. The zero-order valence-electron chi connectivity index (χ0n) is 10.5. The van der Waals surface area contributed by atoms with Crippen LogP contribution in [0.25, 0.3) is 0 Å². The Hall–Kier alpha value is -0.900. The van der Waals surface area contributed by atoms with Gasteiger partial charge >= 0.3 is 0 Å². The van der Waals surface area contributed by atoms with E-state index >= 15 is 0 Å². The fourth-order valence-corrected chi connectivity index (χ4v) is 2.75. The first kappa shape index (κ1) is 13.5. The fourth-order valence-electron chi connectivity index (χ4n) is 2.42. The molecule has 1 saturated heterocycles. The van der Waals surface area contributed by atoms with Crippen molar-refractivity contribution in [3.8, 4) is 0 Å². The van der Waals surface area contributed by atoms with Gasteiger partial charge in [0.1, 0.15) is 5.82 Å². The second-order valence-electron chi connectivity index (χ2n) is 4.92. The molecule has 1 fully saturated rings. The van der Waals surface area contributed by atoms with Crippen molar-refractivity contribution in [2.45, 2.75) is 19.8 Å². The van der Waals surface area contributed by atoms with Crippen molar-refractivity contribution in [2.24, 2.45) is 5.92 Å². The normalized spacial score (nSPS) is 19.9. The molecule has 1 aromatic carbocycles. The topological polar surface area (TPSA) is 20.3 Å². The Morgan fingerprint density at radius 1 is 1.56 bits per heavy atom. The number of rotatable bonds is 3. The molecule has 1 atom stereocenters. The van der Waals surface area contributed by atoms with E-state index in [1.165, 1.54) is 12.5 Å². The predicted molar refractivity (Wildman–Crippen MR) is 75.1 cm³/mol. The molecule has 0 amide bonds. The van der Waals surface area contributed by atoms with Crippen molar-refractivity contribution in [1.29, 1.82) is 0 Å². The van der Waals surface area contributed by atoms with Gasteiger partial charge < -0.3 is 4.90 Å². The SMILES string of the molecule is C[C@@H]1CCCN(c2ccc(C(=O)CBr)cc2F)C1. The van der Waals surface area contributed by atoms with Crippen LogP contribution in [0.3, 0.4) is 0 Å². The first-order chi connectivity index (χ1) is 8.61. The average molecular weight is 314 g/mol. The second-order valence-corrected chi connectivity index (χ2v) is 5.48. The quantitative estimate of drug-likeness (QED) is 0.627. The minimum atomic E-state index is -0.295. The van der Waals surface area contributed by atoms with Gasteiger partial charge in [-0.3, -0.25) is 4.79 Å². The van der Waals surface area contributed by atoms with Gasteiger partial charge in [0, 0.05) is 18.7 Å². The maximum atomic E-state index is 14.0. The summed E-state index contributed by atoms with van der Waals surface area (Å²) in [6.45, 7) is 3.97. The molecule has 0 aliphatic carbocycles. The molecule has 4 heteroatoms. The molecule has 1 aliphatic heterocycles. The number of anilines is 1. The number of piperidine rings is 1. The maximum absolute atomic E-state index is 14.0. The number of alkyl halides is 1. The molecule has 0 N–H and O–H groups in total. The van der Waals surface area contributed by atoms with Crippen LogP contribution in [-0.2, 0) is 0 Å². The van der Waals surface area contributed by atoms with Gasteiger partial charge in [-0.25, -0.2) is 4.39 Å². The lowest BCUT2D eigenvalue weighted by Crippen LogP contribution is -2.34. The number of hydrogen-bond donors (Lipinski definition) is 0. The van der Waals surface area contributed by atoms with Gasteiger partial charge in [0.2, 0.25) is 0 Å². The minimum absolute atomic E-state index is 0.0903. The summed E-state index contributed by atoms with van der Waals surface area (Å²) < 4.78 is 14.0. The highest BCUT2D eigenvalue weighted by Crippen LogP contribution is 2.26. The summed E-state index contributed by atoms with van der Waals surface area (Å²) in [6.07, 6.45) is 2.31. The summed E-state index contributed by atoms with van der Waals surface area (Å²) in [5, 5.41) is 0.229. The number of Topliss-reactive ketones (excluding diaryl/α,β-unsaturated/α-hetero) is 1. The molecular formula is C14H17BrFNO. The first-order valence-corrected chi connectivity index (χ1v) is 7.37. The Bertz CT molecular complexity index is 449. The van der Waals surface area contributed by atoms with Crippen LogP contribution in [0.2, 0.25) is 0 Å². The first-order valence-electron chi connectivity index (χ1n) is 6.25. The molecule has 18 heavy (non-hydrogen) atoms. The Morgan fingerprint density at radius 2 is 2.33 bits per heavy atom. The van der Waals surface area contributed by atoms with Crippen molar-refractivity contribution >= 4 is 27.4 Å². The molecule has 0 spiro atoms. The number of benzene rings is 1. The molecular weight excluding hydrogens is 297 g/mol. The molecule has 0 bridgehead atoms. The highest BCUT2D eigenvalue weighted by atomic mass is 79.9. The van der Waals surface area contributed by atoms with E-state index in [0.717, 1.165) is 19.5 Å². The smallest absolute Gasteiger partial charge is 0.173 e. The third kappa shape index (κ3) is 2.91. The summed E-state index contributed by atoms with van der Waals surface area (Å²) in [7, 11) is 0. The monoisotopic (exact) mass is 313 g/mol. The predicted octanol–water partition coefficient (Wildman–Crippen LogP) is 3.64. The van der Waals surface area contributed by atoms with Crippen LogP contribution in [0.1, 0.15) is 30.1 Å². The minimum Gasteiger partial charge on any atom is -0.369 e. The molecule has 1 aromatic rings. The maximum Gasteiger partial charge on any atom is 0.173 e. The number of hydrogen-bond acceptors (Lipinski definition) is 2. The summed E-state index contributed by atoms with van der Waals surface area (Å²) in [5.41, 5.74) is 1.05. The van der Waals surface area contributed by atoms with Gasteiger partial charge in [-0.15, -0.1) is 0 Å². The van der Waals surface area contributed by atoms with E-state index in [4.69, 9.17) is 0 Å². The molecule has 1 heterocycles. The number of nitrogens with zero attached hydrogens (tertiary/aromatic N) is 1. The summed E-state index contributed by atoms with van der Waals surface area (Å²) in [4.78, 5) is 13.6. The Morgan fingerprint density at radius 3 is 2.94 bits per heavy atom. The number of carbonyl (C=O) groups excluding carboxylic acids is 1. The van der Waals surface area contributed by atoms with Crippen LogP contribution in [0.5, 0.6) is 0 Å². The number of halogens is 2. The summed E-state index contributed by atoms with van der Waals surface area (Å²) in [5.74, 6) is 0.213. The van der Waals surface area contributed by atoms with Crippen molar-refractivity contribution in [2.75, 3.05) is 23.3 Å². The van der Waals surface area contributed by atoms with E-state index in [1.54, 1.807) is 12.1 Å². The fraction of sp³-hybridized carbons (Fsp3) is 0.500. The van der Waals surface area contributed by atoms with Gasteiger partial charge in [0.05, 0.1) is 11.0 Å². The van der Waals surface area contributed by atoms with E-state index in [1.807, 2.05) is 0 Å². The zero-order valence-corrected chi connectivity index (χ0v) is 12.0. The molecule has 0 saturated carbocycles. The molecule has 2 nitrogen and oxygen atoms in total. The number of carbonyl (C=O) groups is 1. The van der Waals surface area contributed by atoms with Gasteiger partial charge in [-0.1, -0.05) is 22.9 Å². The Kier molecular flexibility index (Phi) is 4.38. The Labute approximate surface area is 115 Å². The van der Waals surface area contributed by atoms with Crippen molar-refractivity contribution in [1.82, 2.24) is 0 Å². The highest BCUT2D eigenvalue weighted by Gasteiger charge is 2.19. The van der Waals surface area contributed by atoms with Gasteiger partial charge in [-0.05, 0) is 37.0 Å². The van der Waals surface area contributed by atoms with Crippen LogP contribution < -0.4 is 4.90 Å². The number of ketones is 1. The highest BCUT2D eigenvalue weighted by molar-refractivity contribution is 9.09. The van der Waals surface area contributed by atoms with Gasteiger partial charge in [0.25, 0.3) is 0 Å². The zero-order chi connectivity index (χ0) is 13.1. The van der Waals surface area contributed by atoms with E-state index in [9.17, 15) is 9.18 Å². The molecule has 0 aromatic heterocycles. The molecule has 98 valence electrons. The van der Waals surface area contributed by atoms with E-state index in [2.05, 4.69) is 27.8 Å². The summed E-state index contributed by atoms with van der Waals surface area (Å²) >= 11 is 3.10. The molecule has 2 rings (SSSR count). The van der Waals surface area contributed by atoms with Crippen LogP contribution in [0, 0.1) is 11.7 Å². The second kappa shape index (κ2) is 5.83. The van der Waals surface area contributed by atoms with Crippen molar-refractivity contribution in [3.05, 3.63) is 29.6 Å². The van der Waals surface area contributed by atoms with Crippen LogP contribution in [0.15, 0.2) is 18.2 Å². The van der Waals surface area contributed by atoms with Crippen LogP contribution >= 0.6 is 15.9 Å². The molecule has 1 aliphatic rings. The molecule has 0 unspecified atom stereocenters. The van der Waals surface area contributed by atoms with Gasteiger partial charge in [-0.2, -0.15) is 0 Å². The lowest BCUT2D eigenvalue weighted by atomic mass is 9.99. The van der Waals surface area contributed by atoms with Crippen molar-refractivity contribution in [3.63, 3.8) is 0 Å². The lowest BCUT2D eigenvalue weighted by molar-refractivity contribution is 0.102. The van der Waals surface area contributed by atoms with Gasteiger partial charge in [0.15, 0.2) is 5.78 Å². The van der Waals surface area contributed by atoms with E-state index in [-0.39, 0.29) is 16.9 Å². The average Bonchev–Trinajstić information content (AvgIpc) is 2.37. The van der Waals surface area contributed by atoms with E-state index < -0.39 is 0 Å². The van der Waals surface area contributed by atoms with Crippen LogP contribution in [-0.4, -0.2) is 24.2 Å². The summed E-state index contributed by atoms with van der Waals surface area (Å²) in [6, 6.07) is 4.78. The molecule has 0 radical (unpaired) electrons. The van der Waals surface area contributed by atoms with Crippen LogP contribution in [0.4, 0.5) is 10.1 Å². The van der Waals surface area contributed by atoms with Crippen molar-refractivity contribution < 1.29 is 9.18 Å². The third-order valence-corrected chi connectivity index (χ3v) is 3.90.